The summed E-state index contributed by atoms with van der Waals surface area (Å²) in [6, 6.07) is 10.3. The number of thioether (sulfide) groups is 1. The lowest BCUT2D eigenvalue weighted by atomic mass is 10.1. The van der Waals surface area contributed by atoms with Gasteiger partial charge in [0.05, 0.1) is 17.3 Å². The Kier molecular flexibility index (Phi) is 4.42. The Morgan fingerprint density at radius 1 is 1.32 bits per heavy atom. The summed E-state index contributed by atoms with van der Waals surface area (Å²) in [7, 11) is 0. The molecule has 0 aliphatic heterocycles. The van der Waals surface area contributed by atoms with Gasteiger partial charge in [0.1, 0.15) is 0 Å². The van der Waals surface area contributed by atoms with Gasteiger partial charge in [-0.3, -0.25) is 4.79 Å². The Morgan fingerprint density at radius 3 is 2.73 bits per heavy atom. The lowest BCUT2D eigenvalue weighted by molar-refractivity contribution is -0.120. The largest absolute Gasteiger partial charge is 0.349 e. The minimum Gasteiger partial charge on any atom is -0.349 e. The van der Waals surface area contributed by atoms with Crippen molar-refractivity contribution in [1.29, 1.82) is 0 Å². The van der Waals surface area contributed by atoms with Crippen LogP contribution in [0.4, 0.5) is 0 Å². The molecule has 2 aromatic rings. The highest BCUT2D eigenvalue weighted by Gasteiger charge is 2.29. The summed E-state index contributed by atoms with van der Waals surface area (Å²) >= 11 is 1.41. The van der Waals surface area contributed by atoms with Crippen LogP contribution in [0.1, 0.15) is 44.3 Å². The molecule has 0 saturated heterocycles. The van der Waals surface area contributed by atoms with Crippen LogP contribution in [-0.2, 0) is 4.79 Å². The number of amides is 1. The van der Waals surface area contributed by atoms with E-state index in [1.165, 1.54) is 11.8 Å². The zero-order chi connectivity index (χ0) is 15.5. The van der Waals surface area contributed by atoms with E-state index in [9.17, 15) is 4.79 Å². The number of nitrogens with one attached hydrogen (secondary N) is 1. The molecular formula is C15H19N5OS. The monoisotopic (exact) mass is 317 g/mol. The van der Waals surface area contributed by atoms with Crippen molar-refractivity contribution in [2.45, 2.75) is 49.2 Å². The fourth-order valence-corrected chi connectivity index (χ4v) is 3.05. The summed E-state index contributed by atoms with van der Waals surface area (Å²) in [6.45, 7) is 3.86. The maximum Gasteiger partial charge on any atom is 0.233 e. The molecule has 1 aliphatic carbocycles. The molecular weight excluding hydrogens is 298 g/mol. The van der Waals surface area contributed by atoms with Crippen LogP contribution in [0, 0.1) is 0 Å². The number of carbonyl (C=O) groups excluding carboxylic acids is 1. The molecule has 22 heavy (non-hydrogen) atoms. The van der Waals surface area contributed by atoms with Gasteiger partial charge in [0.15, 0.2) is 0 Å². The first kappa shape index (κ1) is 15.0. The van der Waals surface area contributed by atoms with E-state index in [0.717, 1.165) is 23.6 Å². The smallest absolute Gasteiger partial charge is 0.233 e. The van der Waals surface area contributed by atoms with Crippen molar-refractivity contribution in [2.75, 3.05) is 0 Å². The summed E-state index contributed by atoms with van der Waals surface area (Å²) in [4.78, 5) is 12.3. The van der Waals surface area contributed by atoms with Crippen LogP contribution in [0.5, 0.6) is 0 Å². The molecule has 1 heterocycles. The van der Waals surface area contributed by atoms with Crippen molar-refractivity contribution >= 4 is 17.7 Å². The third kappa shape index (κ3) is 3.47. The van der Waals surface area contributed by atoms with Gasteiger partial charge in [-0.1, -0.05) is 42.1 Å². The van der Waals surface area contributed by atoms with Crippen molar-refractivity contribution in [3.63, 3.8) is 0 Å². The summed E-state index contributed by atoms with van der Waals surface area (Å²) in [5.41, 5.74) is 1.09. The summed E-state index contributed by atoms with van der Waals surface area (Å²) < 4.78 is 1.83. The Morgan fingerprint density at radius 2 is 2.05 bits per heavy atom. The summed E-state index contributed by atoms with van der Waals surface area (Å²) in [6.07, 6.45) is 2.23. The molecule has 1 N–H and O–H groups in total. The maximum absolute atomic E-state index is 12.3. The quantitative estimate of drug-likeness (QED) is 0.828. The van der Waals surface area contributed by atoms with E-state index in [1.54, 1.807) is 0 Å². The first-order valence-electron chi connectivity index (χ1n) is 7.45. The van der Waals surface area contributed by atoms with Crippen LogP contribution in [-0.4, -0.2) is 31.4 Å². The van der Waals surface area contributed by atoms with Crippen LogP contribution in [0.15, 0.2) is 35.5 Å². The molecule has 0 radical (unpaired) electrons. The van der Waals surface area contributed by atoms with Crippen LogP contribution < -0.4 is 5.32 Å². The molecule has 0 spiro atoms. The van der Waals surface area contributed by atoms with Crippen LogP contribution >= 0.6 is 11.8 Å². The number of aromatic nitrogens is 4. The lowest BCUT2D eigenvalue weighted by Gasteiger charge is -2.17. The SMILES string of the molecule is CC(Sc1nnnn1C1CC1)C(=O)NC(C)c1ccccc1. The van der Waals surface area contributed by atoms with Gasteiger partial charge >= 0.3 is 0 Å². The zero-order valence-corrected chi connectivity index (χ0v) is 13.5. The molecule has 116 valence electrons. The highest BCUT2D eigenvalue weighted by Crippen LogP contribution is 2.37. The van der Waals surface area contributed by atoms with E-state index >= 15 is 0 Å². The van der Waals surface area contributed by atoms with Gasteiger partial charge in [-0.25, -0.2) is 4.68 Å². The molecule has 1 amide bonds. The molecule has 2 atom stereocenters. The van der Waals surface area contributed by atoms with Crippen molar-refractivity contribution in [3.8, 4) is 0 Å². The first-order chi connectivity index (χ1) is 10.6. The van der Waals surface area contributed by atoms with E-state index in [1.807, 2.05) is 48.9 Å². The predicted octanol–water partition coefficient (Wildman–Crippen LogP) is 2.37. The highest BCUT2D eigenvalue weighted by atomic mass is 32.2. The standard InChI is InChI=1S/C15H19N5OS/c1-10(12-6-4-3-5-7-12)16-14(21)11(2)22-15-17-18-19-20(15)13-8-9-13/h3-7,10-11,13H,8-9H2,1-2H3,(H,16,21). The second-order valence-electron chi connectivity index (χ2n) is 5.54. The molecule has 1 fully saturated rings. The van der Waals surface area contributed by atoms with E-state index < -0.39 is 0 Å². The molecule has 7 heteroatoms. The van der Waals surface area contributed by atoms with Crippen molar-refractivity contribution < 1.29 is 4.79 Å². The lowest BCUT2D eigenvalue weighted by Crippen LogP contribution is -2.33. The number of carbonyl (C=O) groups is 1. The van der Waals surface area contributed by atoms with Crippen molar-refractivity contribution in [1.82, 2.24) is 25.5 Å². The first-order valence-corrected chi connectivity index (χ1v) is 8.33. The predicted molar refractivity (Wildman–Crippen MR) is 84.4 cm³/mol. The number of nitrogens with zero attached hydrogens (tertiary/aromatic N) is 4. The molecule has 1 saturated carbocycles. The van der Waals surface area contributed by atoms with Crippen LogP contribution in [0.25, 0.3) is 0 Å². The van der Waals surface area contributed by atoms with Gasteiger partial charge in [0, 0.05) is 0 Å². The third-order valence-electron chi connectivity index (χ3n) is 3.67. The second kappa shape index (κ2) is 6.48. The third-order valence-corrected chi connectivity index (χ3v) is 4.71. The molecule has 2 unspecified atom stereocenters. The molecule has 1 aromatic carbocycles. The number of hydrogen-bond acceptors (Lipinski definition) is 5. The number of tetrazole rings is 1. The fraction of sp³-hybridized carbons (Fsp3) is 0.467. The molecule has 3 rings (SSSR count). The van der Waals surface area contributed by atoms with Crippen LogP contribution in [0.3, 0.4) is 0 Å². The topological polar surface area (TPSA) is 72.7 Å². The molecule has 1 aromatic heterocycles. The Balaban J connectivity index is 1.58. The fourth-order valence-electron chi connectivity index (χ4n) is 2.18. The van der Waals surface area contributed by atoms with Crippen molar-refractivity contribution in [2.24, 2.45) is 0 Å². The van der Waals surface area contributed by atoms with Gasteiger partial charge < -0.3 is 5.32 Å². The molecule has 6 nitrogen and oxygen atoms in total. The van der Waals surface area contributed by atoms with Gasteiger partial charge in [0.25, 0.3) is 0 Å². The van der Waals surface area contributed by atoms with Gasteiger partial charge in [-0.15, -0.1) is 5.10 Å². The number of benzene rings is 1. The highest BCUT2D eigenvalue weighted by molar-refractivity contribution is 8.00. The Hall–Kier alpha value is -1.89. The number of hydrogen-bond donors (Lipinski definition) is 1. The Labute approximate surface area is 133 Å². The van der Waals surface area contributed by atoms with E-state index in [4.69, 9.17) is 0 Å². The van der Waals surface area contributed by atoms with Gasteiger partial charge in [0.2, 0.25) is 11.1 Å². The van der Waals surface area contributed by atoms with Crippen LogP contribution in [0.2, 0.25) is 0 Å². The Bertz CT molecular complexity index is 640. The minimum absolute atomic E-state index is 0.00769. The van der Waals surface area contributed by atoms with Gasteiger partial charge in [-0.2, -0.15) is 0 Å². The van der Waals surface area contributed by atoms with E-state index in [-0.39, 0.29) is 17.2 Å². The maximum atomic E-state index is 12.3. The normalized spacial score (nSPS) is 17.0. The van der Waals surface area contributed by atoms with Crippen molar-refractivity contribution in [3.05, 3.63) is 35.9 Å². The van der Waals surface area contributed by atoms with E-state index in [2.05, 4.69) is 20.8 Å². The number of rotatable bonds is 6. The molecule has 0 bridgehead atoms. The van der Waals surface area contributed by atoms with E-state index in [0.29, 0.717) is 6.04 Å². The van der Waals surface area contributed by atoms with Gasteiger partial charge in [-0.05, 0) is 42.7 Å². The zero-order valence-electron chi connectivity index (χ0n) is 12.6. The summed E-state index contributed by atoms with van der Waals surface area (Å²) in [5.74, 6) is -0.00769. The average molecular weight is 317 g/mol. The average Bonchev–Trinajstić information content (AvgIpc) is 3.28. The second-order valence-corrected chi connectivity index (χ2v) is 6.85. The molecule has 1 aliphatic rings. The summed E-state index contributed by atoms with van der Waals surface area (Å²) in [5, 5.41) is 15.3. The minimum atomic E-state index is -0.241.